The summed E-state index contributed by atoms with van der Waals surface area (Å²) in [4.78, 5) is 28.8. The number of nitrogens with zero attached hydrogens (tertiary/aromatic N) is 11. The molecule has 94 heavy (non-hydrogen) atoms. The summed E-state index contributed by atoms with van der Waals surface area (Å²) in [6, 6.07) is 14.3. The summed E-state index contributed by atoms with van der Waals surface area (Å²) in [5.74, 6) is -12.7. The van der Waals surface area contributed by atoms with Crippen LogP contribution in [0.5, 0.6) is 17.2 Å². The Kier molecular flexibility index (Phi) is 41.2. The SMILES string of the molecule is CC(=O)O.Cl.Cl.FC1(F)CCNCC1.N#C[N-]C#N.NC(=NCl)N1CCC(F)(F)CC1.NC(=Nc1ccc(OC(F)(F)F)cc1)N=C(N)N1CCC(F)(F)CC1.NC(=Nc1ccc(OC(F)(F)F)cc1)N=C(N)N1CCC(F)(F)CC1.Nc1ccc(OC(F)(F)F)cc1.[Na+]. The van der Waals surface area contributed by atoms with Crippen molar-refractivity contribution in [2.24, 2.45) is 53.1 Å². The van der Waals surface area contributed by atoms with Crippen LogP contribution in [0, 0.1) is 22.9 Å². The summed E-state index contributed by atoms with van der Waals surface area (Å²) in [6.07, 6.45) is -13.3. The number of likely N-dealkylation sites (tertiary alicyclic amines) is 3. The van der Waals surface area contributed by atoms with Crippen LogP contribution >= 0.6 is 36.6 Å². The first kappa shape index (κ1) is 90.7. The van der Waals surface area contributed by atoms with Gasteiger partial charge < -0.3 is 84.3 Å². The molecular weight excluding hydrogens is 1380 g/mol. The number of piperidine rings is 4. The zero-order chi connectivity index (χ0) is 69.4. The van der Waals surface area contributed by atoms with Gasteiger partial charge in [-0.15, -0.1) is 68.8 Å². The van der Waals surface area contributed by atoms with Gasteiger partial charge in [0.2, 0.25) is 17.9 Å². The molecule has 4 heterocycles. The van der Waals surface area contributed by atoms with Crippen molar-refractivity contribution in [1.82, 2.24) is 20.0 Å². The van der Waals surface area contributed by atoms with E-state index in [-0.39, 0.29) is 192 Å². The van der Waals surface area contributed by atoms with Crippen LogP contribution in [-0.2, 0) is 4.79 Å². The van der Waals surface area contributed by atoms with E-state index in [4.69, 9.17) is 66.6 Å². The number of carbonyl (C=O) groups is 1. The molecule has 4 fully saturated rings. The molecule has 0 aromatic heterocycles. The fourth-order valence-corrected chi connectivity index (χ4v) is 6.97. The number of hydrogen-bond acceptors (Lipinski definition) is 11. The normalized spacial score (nSPS) is 17.5. The summed E-state index contributed by atoms with van der Waals surface area (Å²) in [6.45, 7) is 2.61. The first-order chi connectivity index (χ1) is 42.0. The smallest absolute Gasteiger partial charge is 0.481 e. The van der Waals surface area contributed by atoms with Crippen molar-refractivity contribution in [3.05, 3.63) is 78.1 Å². The predicted molar refractivity (Wildman–Crippen MR) is 314 cm³/mol. The number of nitrogens with one attached hydrogen (secondary N) is 1. The number of aliphatic imine (C=N–C) groups is 4. The quantitative estimate of drug-likeness (QED) is 0.0302. The molecule has 0 amide bonds. The van der Waals surface area contributed by atoms with Crippen LogP contribution in [0.1, 0.15) is 58.3 Å². The third-order valence-corrected chi connectivity index (χ3v) is 11.4. The van der Waals surface area contributed by atoms with Crippen molar-refractivity contribution in [3.8, 4) is 29.6 Å². The molecule has 7 rings (SSSR count). The van der Waals surface area contributed by atoms with E-state index in [9.17, 15) is 74.6 Å². The van der Waals surface area contributed by atoms with Gasteiger partial charge in [-0.25, -0.2) is 45.1 Å². The van der Waals surface area contributed by atoms with E-state index in [1.165, 1.54) is 58.6 Å². The molecule has 3 aromatic rings. The number of nitriles is 2. The number of aliphatic carboxylic acids is 1. The van der Waals surface area contributed by atoms with E-state index >= 15 is 0 Å². The van der Waals surface area contributed by atoms with Gasteiger partial charge in [0.15, 0.2) is 11.9 Å². The Bertz CT molecular complexity index is 2780. The van der Waals surface area contributed by atoms with E-state index in [2.05, 4.69) is 49.3 Å². The second-order valence-electron chi connectivity index (χ2n) is 18.5. The van der Waals surface area contributed by atoms with Gasteiger partial charge in [0, 0.05) is 140 Å². The van der Waals surface area contributed by atoms with Crippen molar-refractivity contribution in [2.75, 3.05) is 58.1 Å². The third kappa shape index (κ3) is 44.2. The predicted octanol–water partition coefficient (Wildman–Crippen LogP) is 7.77. The van der Waals surface area contributed by atoms with Gasteiger partial charge >= 0.3 is 48.6 Å². The van der Waals surface area contributed by atoms with Gasteiger partial charge in [-0.1, -0.05) is 0 Å². The molecule has 0 spiro atoms. The van der Waals surface area contributed by atoms with Crippen LogP contribution in [-0.4, -0.2) is 151 Å². The number of carboxylic acid groups (broad SMARTS) is 1. The first-order valence-electron chi connectivity index (χ1n) is 25.7. The summed E-state index contributed by atoms with van der Waals surface area (Å²) in [7, 11) is 0. The van der Waals surface area contributed by atoms with Gasteiger partial charge in [-0.3, -0.25) is 10.1 Å². The minimum atomic E-state index is -4.78. The Morgan fingerprint density at radius 3 is 0.989 bits per heavy atom. The number of rotatable bonds is 5. The molecule has 4 aliphatic rings. The Morgan fingerprint density at radius 1 is 0.532 bits per heavy atom. The van der Waals surface area contributed by atoms with Crippen molar-refractivity contribution in [3.63, 3.8) is 0 Å². The molecule has 23 nitrogen and oxygen atoms in total. The zero-order valence-corrected chi connectivity index (χ0v) is 53.7. The number of ether oxygens (including phenoxy) is 3. The molecule has 0 atom stereocenters. The number of hydrogen-bond donors (Lipinski definition) is 8. The molecule has 0 unspecified atom stereocenters. The number of halogens is 20. The van der Waals surface area contributed by atoms with Crippen molar-refractivity contribution < 1.29 is 128 Å². The summed E-state index contributed by atoms with van der Waals surface area (Å²) in [5, 5.41) is 27.7. The fourth-order valence-electron chi connectivity index (χ4n) is 6.86. The number of guanidine groups is 5. The van der Waals surface area contributed by atoms with E-state index in [0.717, 1.165) is 43.3 Å². The van der Waals surface area contributed by atoms with Gasteiger partial charge in [-0.05, 0) is 72.8 Å². The molecule has 0 radical (unpaired) electrons. The molecule has 4 saturated heterocycles. The maximum atomic E-state index is 13.1. The van der Waals surface area contributed by atoms with Crippen LogP contribution in [0.4, 0.5) is 91.7 Å². The monoisotopic (exact) mass is 1450 g/mol. The fraction of sp³-hybridized carbons (Fsp3) is 0.480. The Hall–Kier alpha value is -7.50. The molecule has 4 aliphatic heterocycles. The Morgan fingerprint density at radius 2 is 0.777 bits per heavy atom. The summed E-state index contributed by atoms with van der Waals surface area (Å²) in [5.41, 5.74) is 34.1. The van der Waals surface area contributed by atoms with E-state index in [1.54, 1.807) is 4.90 Å². The molecule has 0 saturated carbocycles. The standard InChI is InChI=1S/2C14H16F5N5O.C7H6F3NO.C6H10ClF2N3.C5H9F2N.C2N3.C2H4O2.2ClH.Na/c2*15-13(16)5-7-24(8-6-13)12(21)23-11(20)22-9-1-3-10(4-2-9)25-14(17,18)19;8-7(9,10)12-6-3-1-5(11)2-4-6;7-11-5(10)12-3-1-6(8,9)2-4-12;6-5(7)1-3-8-4-2-5;3-1-5-2-4;1-2(3)4;;;/h2*1-4H,5-8H2,(H4,20,21,22,23);1-4H,11H2;1-4H2,(H2,10,11);8H,1-4H2;;1H3,(H,3,4);2*1H;/q;;;;;-1;;;;+1. The van der Waals surface area contributed by atoms with E-state index < -0.39 is 60.2 Å². The topological polar surface area (TPSA) is 366 Å². The van der Waals surface area contributed by atoms with Crippen LogP contribution in [0.25, 0.3) is 5.32 Å². The third-order valence-electron chi connectivity index (χ3n) is 11.2. The number of nitrogen functional groups attached to an aromatic ring is 1. The number of anilines is 1. The van der Waals surface area contributed by atoms with Gasteiger partial charge in [0.25, 0.3) is 29.7 Å². The zero-order valence-electron chi connectivity index (χ0n) is 49.3. The Balaban J connectivity index is -0.00000111. The molecule has 524 valence electrons. The van der Waals surface area contributed by atoms with E-state index in [1.807, 2.05) is 0 Å². The van der Waals surface area contributed by atoms with Gasteiger partial charge in [-0.2, -0.15) is 9.98 Å². The maximum Gasteiger partial charge on any atom is 1.00 e. The van der Waals surface area contributed by atoms with Crippen LogP contribution in [0.3, 0.4) is 0 Å². The minimum Gasteiger partial charge on any atom is -0.481 e. The van der Waals surface area contributed by atoms with Crippen molar-refractivity contribution in [2.45, 2.75) is 101 Å². The first-order valence-corrected chi connectivity index (χ1v) is 26.1. The van der Waals surface area contributed by atoms with Crippen LogP contribution < -0.4 is 83.5 Å². The van der Waals surface area contributed by atoms with Crippen molar-refractivity contribution in [1.29, 1.82) is 10.5 Å². The average molecular weight is 1450 g/mol. The second-order valence-corrected chi connectivity index (χ2v) is 18.7. The number of nitrogens with two attached hydrogens (primary N) is 6. The number of benzene rings is 3. The van der Waals surface area contributed by atoms with Gasteiger partial charge in [0.1, 0.15) is 17.2 Å². The minimum absolute atomic E-state index is 0. The molecular formula is C50H63Cl3F17N18NaO5. The molecule has 3 aromatic carbocycles. The van der Waals surface area contributed by atoms with Crippen LogP contribution in [0.15, 0.2) is 97.3 Å². The average Bonchev–Trinajstić information content (AvgIpc) is 0.889. The van der Waals surface area contributed by atoms with Gasteiger partial charge in [0.05, 0.1) is 11.4 Å². The molecule has 14 N–H and O–H groups in total. The second kappa shape index (κ2) is 42.8. The van der Waals surface area contributed by atoms with E-state index in [0.29, 0.717) is 18.8 Å². The number of carboxylic acids is 1. The summed E-state index contributed by atoms with van der Waals surface area (Å²) < 4.78 is 223. The summed E-state index contributed by atoms with van der Waals surface area (Å²) >= 11 is 5.09. The molecule has 0 aliphatic carbocycles. The number of alkyl halides is 17. The largest absolute Gasteiger partial charge is 1.00 e. The Labute approximate surface area is 565 Å². The van der Waals surface area contributed by atoms with Crippen LogP contribution in [0.2, 0.25) is 0 Å². The molecule has 0 bridgehead atoms. The molecule has 44 heteroatoms. The maximum absolute atomic E-state index is 13.1. The van der Waals surface area contributed by atoms with Crippen molar-refractivity contribution >= 4 is 89.4 Å².